The van der Waals surface area contributed by atoms with E-state index in [0.29, 0.717) is 12.0 Å². The number of rotatable bonds is 6. The molecule has 0 radical (unpaired) electrons. The lowest BCUT2D eigenvalue weighted by Gasteiger charge is -2.30. The Balaban J connectivity index is 2.63. The number of benzene rings is 1. The second-order valence-corrected chi connectivity index (χ2v) is 7.62. The average Bonchev–Trinajstić information content (AvgIpc) is 2.59. The second-order valence-electron chi connectivity index (χ2n) is 7.62. The van der Waals surface area contributed by atoms with Crippen molar-refractivity contribution in [2.45, 2.75) is 54.0 Å². The number of hydroxylamine groups is 1. The van der Waals surface area contributed by atoms with Gasteiger partial charge in [-0.05, 0) is 30.9 Å². The minimum Gasteiger partial charge on any atom is -0.353 e. The zero-order valence-corrected chi connectivity index (χ0v) is 16.5. The molecule has 0 fully saturated rings. The highest BCUT2D eigenvalue weighted by atomic mass is 16.7. The van der Waals surface area contributed by atoms with Crippen molar-refractivity contribution in [1.82, 2.24) is 10.8 Å². The molecular weight excluding hydrogens is 332 g/mol. The Morgan fingerprint density at radius 1 is 1.04 bits per heavy atom. The van der Waals surface area contributed by atoms with Crippen molar-refractivity contribution in [2.24, 2.45) is 17.3 Å². The fraction of sp³-hybridized carbons (Fsp3) is 0.550. The molecule has 26 heavy (non-hydrogen) atoms. The van der Waals surface area contributed by atoms with Crippen molar-refractivity contribution in [2.75, 3.05) is 0 Å². The van der Waals surface area contributed by atoms with Crippen molar-refractivity contribution >= 4 is 17.8 Å². The van der Waals surface area contributed by atoms with Crippen LogP contribution in [-0.2, 0) is 14.4 Å². The van der Waals surface area contributed by atoms with Crippen molar-refractivity contribution < 1.29 is 19.2 Å². The van der Waals surface area contributed by atoms with Gasteiger partial charge < -0.3 is 10.2 Å². The lowest BCUT2D eigenvalue weighted by Crippen LogP contribution is -2.47. The summed E-state index contributed by atoms with van der Waals surface area (Å²) in [5.74, 6) is -2.46. The van der Waals surface area contributed by atoms with E-state index >= 15 is 0 Å². The summed E-state index contributed by atoms with van der Waals surface area (Å²) < 4.78 is 0. The molecule has 0 aliphatic heterocycles. The summed E-state index contributed by atoms with van der Waals surface area (Å²) in [5, 5.41) is 2.97. The third kappa shape index (κ3) is 6.17. The van der Waals surface area contributed by atoms with Gasteiger partial charge in [-0.3, -0.25) is 9.59 Å². The molecule has 0 aliphatic carbocycles. The lowest BCUT2D eigenvalue weighted by molar-refractivity contribution is -0.140. The highest BCUT2D eigenvalue weighted by Crippen LogP contribution is 2.21. The van der Waals surface area contributed by atoms with Gasteiger partial charge in [-0.25, -0.2) is 4.79 Å². The quantitative estimate of drug-likeness (QED) is 0.762. The Bertz CT molecular complexity index is 622. The number of hydrogen-bond donors (Lipinski definition) is 2. The van der Waals surface area contributed by atoms with Gasteiger partial charge in [-0.1, -0.05) is 52.8 Å². The summed E-state index contributed by atoms with van der Waals surface area (Å²) in [4.78, 5) is 41.6. The molecule has 144 valence electrons. The Morgan fingerprint density at radius 2 is 1.62 bits per heavy atom. The molecule has 0 saturated carbocycles. The highest BCUT2D eigenvalue weighted by Gasteiger charge is 2.32. The zero-order valence-electron chi connectivity index (χ0n) is 16.5. The standard InChI is InChI=1S/C20H30N2O4/c1-7-16(18(24)21-14(3)20(4,5)6)13(2)17(23)22-26-19(25)15-11-9-8-10-12-15/h8-14,16H,7H2,1-6H3,(H,21,24)(H,22,23). The summed E-state index contributed by atoms with van der Waals surface area (Å²) in [5.41, 5.74) is 2.42. The molecule has 1 aromatic carbocycles. The fourth-order valence-corrected chi connectivity index (χ4v) is 2.31. The predicted molar refractivity (Wildman–Crippen MR) is 100 cm³/mol. The molecule has 3 atom stereocenters. The molecule has 6 nitrogen and oxygen atoms in total. The lowest BCUT2D eigenvalue weighted by atomic mass is 9.86. The van der Waals surface area contributed by atoms with Crippen LogP contribution in [0.25, 0.3) is 0 Å². The highest BCUT2D eigenvalue weighted by molar-refractivity contribution is 5.91. The molecule has 2 N–H and O–H groups in total. The molecule has 0 bridgehead atoms. The van der Waals surface area contributed by atoms with Gasteiger partial charge in [0.15, 0.2) is 0 Å². The topological polar surface area (TPSA) is 84.5 Å². The smallest absolute Gasteiger partial charge is 0.353 e. The van der Waals surface area contributed by atoms with Crippen LogP contribution in [-0.4, -0.2) is 23.8 Å². The SMILES string of the molecule is CCC(C(=O)NC(C)C(C)(C)C)C(C)C(=O)NOC(=O)c1ccccc1. The van der Waals surface area contributed by atoms with Gasteiger partial charge >= 0.3 is 5.97 Å². The van der Waals surface area contributed by atoms with Crippen molar-refractivity contribution in [3.8, 4) is 0 Å². The molecule has 0 spiro atoms. The second kappa shape index (κ2) is 9.36. The molecule has 1 rings (SSSR count). The van der Waals surface area contributed by atoms with Crippen molar-refractivity contribution in [3.05, 3.63) is 35.9 Å². The zero-order chi connectivity index (χ0) is 19.9. The van der Waals surface area contributed by atoms with Crippen LogP contribution < -0.4 is 10.8 Å². The first kappa shape index (κ1) is 21.7. The first-order chi connectivity index (χ1) is 12.1. The first-order valence-corrected chi connectivity index (χ1v) is 8.94. The molecule has 2 amide bonds. The summed E-state index contributed by atoms with van der Waals surface area (Å²) in [6.45, 7) is 11.6. The van der Waals surface area contributed by atoms with Gasteiger partial charge in [0.25, 0.3) is 5.91 Å². The van der Waals surface area contributed by atoms with E-state index in [1.165, 1.54) is 0 Å². The summed E-state index contributed by atoms with van der Waals surface area (Å²) in [7, 11) is 0. The molecule has 3 unspecified atom stereocenters. The van der Waals surface area contributed by atoms with Gasteiger partial charge in [0, 0.05) is 17.9 Å². The maximum atomic E-state index is 12.5. The summed E-state index contributed by atoms with van der Waals surface area (Å²) in [6.07, 6.45) is 0.504. The fourth-order valence-electron chi connectivity index (χ4n) is 2.31. The largest absolute Gasteiger partial charge is 0.362 e. The number of carbonyl (C=O) groups is 3. The molecule has 1 aromatic rings. The van der Waals surface area contributed by atoms with E-state index in [-0.39, 0.29) is 17.4 Å². The Kier molecular flexibility index (Phi) is 7.80. The van der Waals surface area contributed by atoms with E-state index in [1.54, 1.807) is 37.3 Å². The molecule has 0 heterocycles. The van der Waals surface area contributed by atoms with E-state index in [9.17, 15) is 14.4 Å². The minimum atomic E-state index is -0.648. The van der Waals surface area contributed by atoms with Gasteiger partial charge in [-0.2, -0.15) is 5.48 Å². The van der Waals surface area contributed by atoms with E-state index < -0.39 is 23.7 Å². The maximum absolute atomic E-state index is 12.5. The Hall–Kier alpha value is -2.37. The van der Waals surface area contributed by atoms with Crippen LogP contribution >= 0.6 is 0 Å². The van der Waals surface area contributed by atoms with E-state index in [0.717, 1.165) is 0 Å². The Morgan fingerprint density at radius 3 is 2.12 bits per heavy atom. The van der Waals surface area contributed by atoms with Crippen LogP contribution in [0.5, 0.6) is 0 Å². The van der Waals surface area contributed by atoms with Crippen LogP contribution in [0.1, 0.15) is 58.3 Å². The van der Waals surface area contributed by atoms with Gasteiger partial charge in [0.05, 0.1) is 5.56 Å². The number of nitrogens with one attached hydrogen (secondary N) is 2. The normalized spacial score (nSPS) is 14.7. The molecule has 6 heteroatoms. The minimum absolute atomic E-state index is 0.0322. The van der Waals surface area contributed by atoms with E-state index in [1.807, 2.05) is 34.6 Å². The Labute approximate surface area is 155 Å². The predicted octanol–water partition coefficient (Wildman–Crippen LogP) is 3.09. The first-order valence-electron chi connectivity index (χ1n) is 8.94. The van der Waals surface area contributed by atoms with Crippen LogP contribution in [0.3, 0.4) is 0 Å². The summed E-state index contributed by atoms with van der Waals surface area (Å²) >= 11 is 0. The van der Waals surface area contributed by atoms with Crippen LogP contribution in [0.2, 0.25) is 0 Å². The van der Waals surface area contributed by atoms with Crippen LogP contribution in [0.4, 0.5) is 0 Å². The third-order valence-corrected chi connectivity index (χ3v) is 4.71. The number of amides is 2. The van der Waals surface area contributed by atoms with E-state index in [2.05, 4.69) is 10.8 Å². The van der Waals surface area contributed by atoms with E-state index in [4.69, 9.17) is 4.84 Å². The summed E-state index contributed by atoms with van der Waals surface area (Å²) in [6, 6.07) is 8.34. The van der Waals surface area contributed by atoms with Gasteiger partial charge in [-0.15, -0.1) is 0 Å². The van der Waals surface area contributed by atoms with Crippen LogP contribution in [0, 0.1) is 17.3 Å². The molecular formula is C20H30N2O4. The van der Waals surface area contributed by atoms with Crippen molar-refractivity contribution in [1.29, 1.82) is 0 Å². The molecule has 0 saturated heterocycles. The van der Waals surface area contributed by atoms with Crippen LogP contribution in [0.15, 0.2) is 30.3 Å². The molecule has 0 aliphatic rings. The number of carbonyl (C=O) groups excluding carboxylic acids is 3. The average molecular weight is 362 g/mol. The maximum Gasteiger partial charge on any atom is 0.362 e. The monoisotopic (exact) mass is 362 g/mol. The van der Waals surface area contributed by atoms with Gasteiger partial charge in [0.2, 0.25) is 5.91 Å². The van der Waals surface area contributed by atoms with Crippen molar-refractivity contribution in [3.63, 3.8) is 0 Å². The number of hydrogen-bond acceptors (Lipinski definition) is 4. The molecule has 0 aromatic heterocycles. The third-order valence-electron chi connectivity index (χ3n) is 4.71. The van der Waals surface area contributed by atoms with Gasteiger partial charge in [0.1, 0.15) is 0 Å².